The molecule has 0 radical (unpaired) electrons. The molecule has 0 aliphatic rings. The second-order valence-electron chi connectivity index (χ2n) is 2.96. The van der Waals surface area contributed by atoms with E-state index in [-0.39, 0.29) is 11.5 Å². The maximum Gasteiger partial charge on any atom is 0.308 e. The van der Waals surface area contributed by atoms with Crippen molar-refractivity contribution >= 4 is 11.9 Å². The molecule has 0 saturated carbocycles. The van der Waals surface area contributed by atoms with E-state index in [1.54, 1.807) is 0 Å². The van der Waals surface area contributed by atoms with Gasteiger partial charge in [0.25, 0.3) is 0 Å². The van der Waals surface area contributed by atoms with Crippen LogP contribution in [0.5, 0.6) is 11.5 Å². The van der Waals surface area contributed by atoms with Gasteiger partial charge in [0, 0.05) is 19.9 Å². The summed E-state index contributed by atoms with van der Waals surface area (Å²) in [5, 5.41) is 8.67. The van der Waals surface area contributed by atoms with Crippen LogP contribution in [0.15, 0.2) is 18.2 Å². The number of ether oxygens (including phenoxy) is 2. The van der Waals surface area contributed by atoms with Crippen LogP contribution in [0.4, 0.5) is 0 Å². The molecule has 0 bridgehead atoms. The normalized spacial score (nSPS) is 9.06. The van der Waals surface area contributed by atoms with E-state index in [1.165, 1.54) is 32.0 Å². The molecule has 0 amide bonds. The van der Waals surface area contributed by atoms with Crippen molar-refractivity contribution in [2.24, 2.45) is 0 Å². The van der Waals surface area contributed by atoms with Crippen molar-refractivity contribution in [1.82, 2.24) is 0 Å². The molecule has 0 heterocycles. The number of nitriles is 1. The smallest absolute Gasteiger partial charge is 0.308 e. The summed E-state index contributed by atoms with van der Waals surface area (Å²) in [4.78, 5) is 21.6. The summed E-state index contributed by atoms with van der Waals surface area (Å²) >= 11 is 0. The van der Waals surface area contributed by atoms with Crippen LogP contribution in [0.25, 0.3) is 0 Å². The van der Waals surface area contributed by atoms with Gasteiger partial charge in [-0.25, -0.2) is 0 Å². The van der Waals surface area contributed by atoms with Crippen LogP contribution in [0.2, 0.25) is 0 Å². The van der Waals surface area contributed by atoms with Crippen molar-refractivity contribution in [2.75, 3.05) is 0 Å². The van der Waals surface area contributed by atoms with Crippen LogP contribution in [0.3, 0.4) is 0 Å². The van der Waals surface area contributed by atoms with Crippen molar-refractivity contribution in [2.45, 2.75) is 13.8 Å². The summed E-state index contributed by atoms with van der Waals surface area (Å²) in [5.41, 5.74) is 0.312. The molecule has 1 rings (SSSR count). The van der Waals surface area contributed by atoms with E-state index >= 15 is 0 Å². The Labute approximate surface area is 92.2 Å². The van der Waals surface area contributed by atoms with E-state index in [0.29, 0.717) is 5.56 Å². The van der Waals surface area contributed by atoms with Crippen LogP contribution in [-0.4, -0.2) is 11.9 Å². The Hall–Kier alpha value is -2.35. The van der Waals surface area contributed by atoms with Crippen molar-refractivity contribution in [3.05, 3.63) is 23.8 Å². The van der Waals surface area contributed by atoms with E-state index < -0.39 is 11.9 Å². The number of rotatable bonds is 2. The quantitative estimate of drug-likeness (QED) is 0.555. The number of carbonyl (C=O) groups excluding carboxylic acids is 2. The first kappa shape index (κ1) is 11.7. The van der Waals surface area contributed by atoms with Crippen molar-refractivity contribution < 1.29 is 19.1 Å². The average molecular weight is 219 g/mol. The lowest BCUT2D eigenvalue weighted by molar-refractivity contribution is -0.134. The molecule has 82 valence electrons. The maximum absolute atomic E-state index is 10.8. The highest BCUT2D eigenvalue weighted by atomic mass is 16.6. The van der Waals surface area contributed by atoms with Crippen LogP contribution in [0.1, 0.15) is 19.4 Å². The third-order valence-corrected chi connectivity index (χ3v) is 1.58. The molecule has 5 heteroatoms. The molecule has 0 aliphatic heterocycles. The van der Waals surface area contributed by atoms with Crippen LogP contribution < -0.4 is 9.47 Å². The highest BCUT2D eigenvalue weighted by Gasteiger charge is 2.10. The van der Waals surface area contributed by atoms with E-state index in [0.717, 1.165) is 0 Å². The molecule has 0 aromatic heterocycles. The first-order valence-electron chi connectivity index (χ1n) is 4.44. The molecule has 0 N–H and O–H groups in total. The summed E-state index contributed by atoms with van der Waals surface area (Å²) in [6, 6.07) is 6.09. The zero-order valence-electron chi connectivity index (χ0n) is 8.81. The molecule has 0 fully saturated rings. The van der Waals surface area contributed by atoms with Gasteiger partial charge in [-0.3, -0.25) is 9.59 Å². The SMILES string of the molecule is CC(=O)Oc1ccc(C#N)cc1OC(C)=O. The van der Waals surface area contributed by atoms with Gasteiger partial charge in [-0.15, -0.1) is 0 Å². The average Bonchev–Trinajstić information content (AvgIpc) is 2.19. The molecule has 0 aliphatic carbocycles. The zero-order chi connectivity index (χ0) is 12.1. The van der Waals surface area contributed by atoms with Gasteiger partial charge in [0.2, 0.25) is 0 Å². The zero-order valence-corrected chi connectivity index (χ0v) is 8.81. The van der Waals surface area contributed by atoms with Gasteiger partial charge < -0.3 is 9.47 Å². The Morgan fingerprint density at radius 1 is 1.12 bits per heavy atom. The lowest BCUT2D eigenvalue weighted by Gasteiger charge is -2.08. The van der Waals surface area contributed by atoms with E-state index in [4.69, 9.17) is 14.7 Å². The number of benzene rings is 1. The fraction of sp³-hybridized carbons (Fsp3) is 0.182. The van der Waals surface area contributed by atoms with Gasteiger partial charge in [0.05, 0.1) is 11.6 Å². The molecule has 0 unspecified atom stereocenters. The molecule has 0 saturated heterocycles. The van der Waals surface area contributed by atoms with Gasteiger partial charge in [0.1, 0.15) is 0 Å². The van der Waals surface area contributed by atoms with E-state index in [2.05, 4.69) is 0 Å². The van der Waals surface area contributed by atoms with Crippen LogP contribution >= 0.6 is 0 Å². The summed E-state index contributed by atoms with van der Waals surface area (Å²) in [6.45, 7) is 2.45. The minimum absolute atomic E-state index is 0.0572. The monoisotopic (exact) mass is 219 g/mol. The first-order valence-corrected chi connectivity index (χ1v) is 4.44. The third-order valence-electron chi connectivity index (χ3n) is 1.58. The number of hydrogen-bond acceptors (Lipinski definition) is 5. The summed E-state index contributed by atoms with van der Waals surface area (Å²) < 4.78 is 9.64. The summed E-state index contributed by atoms with van der Waals surface area (Å²) in [6.07, 6.45) is 0. The second kappa shape index (κ2) is 4.94. The molecule has 16 heavy (non-hydrogen) atoms. The Bertz CT molecular complexity index is 473. The highest BCUT2D eigenvalue weighted by Crippen LogP contribution is 2.28. The van der Waals surface area contributed by atoms with Crippen molar-refractivity contribution in [1.29, 1.82) is 5.26 Å². The summed E-state index contributed by atoms with van der Waals surface area (Å²) in [5.74, 6) is -0.912. The number of esters is 2. The molecular weight excluding hydrogens is 210 g/mol. The Morgan fingerprint density at radius 2 is 1.69 bits per heavy atom. The highest BCUT2D eigenvalue weighted by molar-refractivity contribution is 5.73. The van der Waals surface area contributed by atoms with Gasteiger partial charge in [-0.1, -0.05) is 0 Å². The Morgan fingerprint density at radius 3 is 2.19 bits per heavy atom. The van der Waals surface area contributed by atoms with Crippen LogP contribution in [0, 0.1) is 11.3 Å². The fourth-order valence-corrected chi connectivity index (χ4v) is 1.05. The second-order valence-corrected chi connectivity index (χ2v) is 2.96. The number of nitrogens with zero attached hydrogens (tertiary/aromatic N) is 1. The predicted molar refractivity (Wildman–Crippen MR) is 53.8 cm³/mol. The Kier molecular flexibility index (Phi) is 3.62. The summed E-state index contributed by atoms with van der Waals surface area (Å²) in [7, 11) is 0. The third kappa shape index (κ3) is 3.10. The lowest BCUT2D eigenvalue weighted by Crippen LogP contribution is -2.07. The largest absolute Gasteiger partial charge is 0.423 e. The number of hydrogen-bond donors (Lipinski definition) is 0. The predicted octanol–water partition coefficient (Wildman–Crippen LogP) is 1.41. The Balaban J connectivity index is 3.11. The standard InChI is InChI=1S/C11H9NO4/c1-7(13)15-10-4-3-9(6-12)5-11(10)16-8(2)14/h3-5H,1-2H3. The first-order chi connectivity index (χ1) is 7.52. The number of carbonyl (C=O) groups is 2. The molecular formula is C11H9NO4. The van der Waals surface area contributed by atoms with Gasteiger partial charge in [0.15, 0.2) is 11.5 Å². The fourth-order valence-electron chi connectivity index (χ4n) is 1.05. The molecule has 0 spiro atoms. The van der Waals surface area contributed by atoms with Crippen molar-refractivity contribution in [3.8, 4) is 17.6 Å². The minimum Gasteiger partial charge on any atom is -0.423 e. The van der Waals surface area contributed by atoms with Gasteiger partial charge in [-0.2, -0.15) is 5.26 Å². The minimum atomic E-state index is -0.552. The van der Waals surface area contributed by atoms with Crippen LogP contribution in [-0.2, 0) is 9.59 Å². The van der Waals surface area contributed by atoms with Crippen molar-refractivity contribution in [3.63, 3.8) is 0 Å². The lowest BCUT2D eigenvalue weighted by atomic mass is 10.2. The maximum atomic E-state index is 10.8. The topological polar surface area (TPSA) is 76.4 Å². The van der Waals surface area contributed by atoms with Gasteiger partial charge >= 0.3 is 11.9 Å². The van der Waals surface area contributed by atoms with E-state index in [9.17, 15) is 9.59 Å². The molecule has 1 aromatic rings. The van der Waals surface area contributed by atoms with Gasteiger partial charge in [-0.05, 0) is 12.1 Å². The molecule has 0 atom stereocenters. The van der Waals surface area contributed by atoms with E-state index in [1.807, 2.05) is 6.07 Å². The molecule has 5 nitrogen and oxygen atoms in total. The molecule has 1 aromatic carbocycles.